The van der Waals surface area contributed by atoms with Crippen LogP contribution in [-0.2, 0) is 4.74 Å². The summed E-state index contributed by atoms with van der Waals surface area (Å²) >= 11 is 0. The maximum absolute atomic E-state index is 5.74. The molecule has 1 fully saturated rings. The molecule has 1 heterocycles. The van der Waals surface area contributed by atoms with E-state index in [-0.39, 0.29) is 6.10 Å². The smallest absolute Gasteiger partial charge is 0.142 e. The molecule has 0 amide bonds. The molecule has 76 valence electrons. The summed E-state index contributed by atoms with van der Waals surface area (Å²) in [5.74, 6) is 0.753. The molecule has 2 rings (SSSR count). The minimum atomic E-state index is 0.245. The van der Waals surface area contributed by atoms with Crippen LogP contribution in [0.25, 0.3) is 0 Å². The molecule has 1 aromatic rings. The van der Waals surface area contributed by atoms with Crippen LogP contribution in [-0.4, -0.2) is 19.3 Å². The van der Waals surface area contributed by atoms with E-state index < -0.39 is 0 Å². The van der Waals surface area contributed by atoms with Gasteiger partial charge in [-0.15, -0.1) is 0 Å². The summed E-state index contributed by atoms with van der Waals surface area (Å²) in [6.07, 6.45) is 2.47. The van der Waals surface area contributed by atoms with Gasteiger partial charge in [-0.05, 0) is 25.0 Å². The minimum absolute atomic E-state index is 0.245. The van der Waals surface area contributed by atoms with Crippen LogP contribution in [0.1, 0.15) is 12.8 Å². The van der Waals surface area contributed by atoms with E-state index in [9.17, 15) is 0 Å². The predicted molar refractivity (Wildman–Crippen MR) is 55.3 cm³/mol. The molecular weight excluding hydrogens is 178 g/mol. The van der Waals surface area contributed by atoms with Crippen molar-refractivity contribution in [1.82, 2.24) is 0 Å². The van der Waals surface area contributed by atoms with Crippen LogP contribution in [0.15, 0.2) is 24.3 Å². The Morgan fingerprint density at radius 3 is 3.00 bits per heavy atom. The molecule has 0 spiro atoms. The average molecular weight is 193 g/mol. The minimum Gasteiger partial charge on any atom is -0.489 e. The van der Waals surface area contributed by atoms with E-state index in [0.717, 1.165) is 25.2 Å². The number of para-hydroxylation sites is 2. The largest absolute Gasteiger partial charge is 0.489 e. The maximum Gasteiger partial charge on any atom is 0.142 e. The Labute approximate surface area is 83.8 Å². The molecule has 14 heavy (non-hydrogen) atoms. The number of hydrogen-bond acceptors (Lipinski definition) is 3. The molecule has 1 aliphatic rings. The summed E-state index contributed by atoms with van der Waals surface area (Å²) in [5, 5.41) is 0. The molecule has 0 radical (unpaired) electrons. The van der Waals surface area contributed by atoms with Crippen molar-refractivity contribution in [2.75, 3.05) is 18.9 Å². The van der Waals surface area contributed by atoms with Gasteiger partial charge in [-0.25, -0.2) is 0 Å². The van der Waals surface area contributed by atoms with Gasteiger partial charge in [0.2, 0.25) is 0 Å². The van der Waals surface area contributed by atoms with Gasteiger partial charge in [-0.3, -0.25) is 0 Å². The van der Waals surface area contributed by atoms with Crippen molar-refractivity contribution in [3.05, 3.63) is 24.3 Å². The first-order chi connectivity index (χ1) is 6.86. The average Bonchev–Trinajstić information content (AvgIpc) is 2.69. The fourth-order valence-corrected chi connectivity index (χ4v) is 1.57. The lowest BCUT2D eigenvalue weighted by atomic mass is 10.2. The van der Waals surface area contributed by atoms with E-state index in [2.05, 4.69) is 0 Å². The topological polar surface area (TPSA) is 44.5 Å². The van der Waals surface area contributed by atoms with Crippen molar-refractivity contribution in [1.29, 1.82) is 0 Å². The van der Waals surface area contributed by atoms with E-state index in [1.165, 1.54) is 0 Å². The lowest BCUT2D eigenvalue weighted by Crippen LogP contribution is -2.16. The third-order valence-corrected chi connectivity index (χ3v) is 2.37. The summed E-state index contributed by atoms with van der Waals surface area (Å²) in [7, 11) is 0. The SMILES string of the molecule is Nc1ccccc1OC[C@@H]1CCCO1. The van der Waals surface area contributed by atoms with Crippen molar-refractivity contribution in [2.45, 2.75) is 18.9 Å². The van der Waals surface area contributed by atoms with Gasteiger partial charge in [0, 0.05) is 6.61 Å². The Balaban J connectivity index is 1.88. The molecule has 1 aliphatic heterocycles. The third kappa shape index (κ3) is 2.17. The number of nitrogen functional groups attached to an aromatic ring is 1. The monoisotopic (exact) mass is 193 g/mol. The molecule has 0 aliphatic carbocycles. The first kappa shape index (κ1) is 9.34. The number of benzene rings is 1. The highest BCUT2D eigenvalue weighted by molar-refractivity contribution is 5.51. The number of ether oxygens (including phenoxy) is 2. The quantitative estimate of drug-likeness (QED) is 0.745. The third-order valence-electron chi connectivity index (χ3n) is 2.37. The van der Waals surface area contributed by atoms with Gasteiger partial charge in [0.05, 0.1) is 11.8 Å². The molecule has 0 bridgehead atoms. The normalized spacial score (nSPS) is 21.0. The zero-order valence-corrected chi connectivity index (χ0v) is 8.11. The fourth-order valence-electron chi connectivity index (χ4n) is 1.57. The van der Waals surface area contributed by atoms with Gasteiger partial charge in [0.1, 0.15) is 12.4 Å². The molecule has 1 atom stereocenters. The zero-order chi connectivity index (χ0) is 9.80. The molecule has 3 heteroatoms. The number of anilines is 1. The van der Waals surface area contributed by atoms with Crippen molar-refractivity contribution >= 4 is 5.69 Å². The Kier molecular flexibility index (Phi) is 2.89. The van der Waals surface area contributed by atoms with Gasteiger partial charge >= 0.3 is 0 Å². The summed E-state index contributed by atoms with van der Waals surface area (Å²) in [6, 6.07) is 7.53. The van der Waals surface area contributed by atoms with E-state index in [1.807, 2.05) is 24.3 Å². The van der Waals surface area contributed by atoms with Gasteiger partial charge in [-0.2, -0.15) is 0 Å². The van der Waals surface area contributed by atoms with Crippen LogP contribution in [0.4, 0.5) is 5.69 Å². The first-order valence-corrected chi connectivity index (χ1v) is 4.95. The van der Waals surface area contributed by atoms with Crippen molar-refractivity contribution in [2.24, 2.45) is 0 Å². The van der Waals surface area contributed by atoms with Gasteiger partial charge in [-0.1, -0.05) is 12.1 Å². The second-order valence-corrected chi connectivity index (χ2v) is 3.48. The van der Waals surface area contributed by atoms with Gasteiger partial charge in [0.15, 0.2) is 0 Å². The summed E-state index contributed by atoms with van der Waals surface area (Å²) in [5.41, 5.74) is 6.43. The Hall–Kier alpha value is -1.22. The second-order valence-electron chi connectivity index (χ2n) is 3.48. The van der Waals surface area contributed by atoms with E-state index in [1.54, 1.807) is 0 Å². The Morgan fingerprint density at radius 2 is 2.29 bits per heavy atom. The maximum atomic E-state index is 5.74. The predicted octanol–water partition coefficient (Wildman–Crippen LogP) is 1.83. The van der Waals surface area contributed by atoms with Crippen LogP contribution >= 0.6 is 0 Å². The fraction of sp³-hybridized carbons (Fsp3) is 0.455. The van der Waals surface area contributed by atoms with Crippen LogP contribution in [0, 0.1) is 0 Å². The molecule has 1 aromatic carbocycles. The van der Waals surface area contributed by atoms with Crippen LogP contribution < -0.4 is 10.5 Å². The zero-order valence-electron chi connectivity index (χ0n) is 8.11. The van der Waals surface area contributed by atoms with Crippen LogP contribution in [0.5, 0.6) is 5.75 Å². The summed E-state index contributed by atoms with van der Waals surface area (Å²) < 4.78 is 11.0. The second kappa shape index (κ2) is 4.33. The first-order valence-electron chi connectivity index (χ1n) is 4.95. The standard InChI is InChI=1S/C11H15NO2/c12-10-5-1-2-6-11(10)14-8-9-4-3-7-13-9/h1-2,5-6,9H,3-4,7-8,12H2/t9-/m0/s1. The lowest BCUT2D eigenvalue weighted by Gasteiger charge is -2.12. The lowest BCUT2D eigenvalue weighted by molar-refractivity contribution is 0.0682. The highest BCUT2D eigenvalue weighted by atomic mass is 16.5. The Bertz CT molecular complexity index is 295. The summed E-state index contributed by atoms with van der Waals surface area (Å²) in [6.45, 7) is 1.46. The molecule has 0 unspecified atom stereocenters. The highest BCUT2D eigenvalue weighted by Crippen LogP contribution is 2.21. The van der Waals surface area contributed by atoms with E-state index in [4.69, 9.17) is 15.2 Å². The number of hydrogen-bond donors (Lipinski definition) is 1. The number of nitrogens with two attached hydrogens (primary N) is 1. The molecular formula is C11H15NO2. The van der Waals surface area contributed by atoms with Crippen molar-refractivity contribution in [3.8, 4) is 5.75 Å². The molecule has 3 nitrogen and oxygen atoms in total. The van der Waals surface area contributed by atoms with E-state index >= 15 is 0 Å². The van der Waals surface area contributed by atoms with Crippen LogP contribution in [0.3, 0.4) is 0 Å². The van der Waals surface area contributed by atoms with Crippen molar-refractivity contribution in [3.63, 3.8) is 0 Å². The van der Waals surface area contributed by atoms with Crippen LogP contribution in [0.2, 0.25) is 0 Å². The van der Waals surface area contributed by atoms with Gasteiger partial charge in [0.25, 0.3) is 0 Å². The molecule has 0 saturated carbocycles. The van der Waals surface area contributed by atoms with E-state index in [0.29, 0.717) is 12.3 Å². The van der Waals surface area contributed by atoms with Gasteiger partial charge < -0.3 is 15.2 Å². The van der Waals surface area contributed by atoms with Crippen molar-refractivity contribution < 1.29 is 9.47 Å². The number of rotatable bonds is 3. The molecule has 0 aromatic heterocycles. The molecule has 2 N–H and O–H groups in total. The Morgan fingerprint density at radius 1 is 1.43 bits per heavy atom. The summed E-state index contributed by atoms with van der Waals surface area (Å²) in [4.78, 5) is 0. The highest BCUT2D eigenvalue weighted by Gasteiger charge is 2.16. The molecule has 1 saturated heterocycles.